The van der Waals surface area contributed by atoms with Crippen LogP contribution in [0, 0.1) is 0 Å². The average molecular weight is 298 g/mol. The molecule has 1 amide bonds. The average Bonchev–Trinajstić information content (AvgIpc) is 2.91. The molecule has 3 aromatic rings. The van der Waals surface area contributed by atoms with E-state index >= 15 is 0 Å². The van der Waals surface area contributed by atoms with Crippen molar-refractivity contribution < 1.29 is 4.79 Å². The van der Waals surface area contributed by atoms with E-state index in [1.807, 2.05) is 36.4 Å². The van der Waals surface area contributed by atoms with Gasteiger partial charge in [-0.3, -0.25) is 4.79 Å². The number of carbonyl (C=O) groups is 1. The molecule has 0 spiro atoms. The number of hydrazone groups is 1. The molecular formula is C16H12ClN3O. The topological polar surface area (TPSA) is 57.2 Å². The highest BCUT2D eigenvalue weighted by atomic mass is 35.5. The van der Waals surface area contributed by atoms with Gasteiger partial charge in [0.25, 0.3) is 5.91 Å². The molecule has 0 fully saturated rings. The second kappa shape index (κ2) is 5.81. The maximum Gasteiger partial charge on any atom is 0.287 e. The molecule has 2 aromatic carbocycles. The van der Waals surface area contributed by atoms with Crippen LogP contribution in [-0.4, -0.2) is 17.1 Å². The third-order valence-corrected chi connectivity index (χ3v) is 3.24. The van der Waals surface area contributed by atoms with Gasteiger partial charge in [-0.25, -0.2) is 5.43 Å². The quantitative estimate of drug-likeness (QED) is 0.563. The van der Waals surface area contributed by atoms with E-state index in [1.54, 1.807) is 24.4 Å². The van der Waals surface area contributed by atoms with Gasteiger partial charge in [-0.15, -0.1) is 0 Å². The number of hydrogen-bond acceptors (Lipinski definition) is 2. The van der Waals surface area contributed by atoms with Gasteiger partial charge in [-0.1, -0.05) is 41.9 Å². The van der Waals surface area contributed by atoms with Crippen molar-refractivity contribution in [3.8, 4) is 0 Å². The number of nitrogens with one attached hydrogen (secondary N) is 2. The van der Waals surface area contributed by atoms with Crippen molar-refractivity contribution >= 4 is 34.6 Å². The lowest BCUT2D eigenvalue weighted by Gasteiger charge is -1.96. The number of halogens is 1. The molecule has 1 heterocycles. The zero-order chi connectivity index (χ0) is 14.7. The monoisotopic (exact) mass is 297 g/mol. The van der Waals surface area contributed by atoms with Gasteiger partial charge in [0.1, 0.15) is 5.69 Å². The first-order chi connectivity index (χ1) is 10.2. The summed E-state index contributed by atoms with van der Waals surface area (Å²) >= 11 is 5.92. The highest BCUT2D eigenvalue weighted by Crippen LogP contribution is 2.19. The third-order valence-electron chi connectivity index (χ3n) is 3.01. The minimum Gasteiger partial charge on any atom is -0.350 e. The molecule has 0 atom stereocenters. The largest absolute Gasteiger partial charge is 0.350 e. The molecule has 0 unspecified atom stereocenters. The summed E-state index contributed by atoms with van der Waals surface area (Å²) in [5.74, 6) is -0.297. The third kappa shape index (κ3) is 3.12. The Labute approximate surface area is 126 Å². The van der Waals surface area contributed by atoms with Gasteiger partial charge in [0, 0.05) is 15.9 Å². The second-order valence-corrected chi connectivity index (χ2v) is 4.96. The molecule has 0 aliphatic rings. The van der Waals surface area contributed by atoms with E-state index in [0.29, 0.717) is 10.7 Å². The van der Waals surface area contributed by atoms with Crippen molar-refractivity contribution in [1.29, 1.82) is 0 Å². The van der Waals surface area contributed by atoms with Gasteiger partial charge in [0.05, 0.1) is 6.21 Å². The molecule has 0 bridgehead atoms. The number of nitrogens with zero attached hydrogens (tertiary/aromatic N) is 1. The number of hydrogen-bond donors (Lipinski definition) is 2. The minimum absolute atomic E-state index is 0.297. The summed E-state index contributed by atoms with van der Waals surface area (Å²) in [4.78, 5) is 15.0. The molecule has 0 radical (unpaired) electrons. The maximum absolute atomic E-state index is 12.0. The van der Waals surface area contributed by atoms with Gasteiger partial charge in [0.2, 0.25) is 0 Å². The summed E-state index contributed by atoms with van der Waals surface area (Å²) < 4.78 is 0. The molecule has 0 aliphatic carbocycles. The molecule has 21 heavy (non-hydrogen) atoms. The highest BCUT2D eigenvalue weighted by molar-refractivity contribution is 6.31. The first kappa shape index (κ1) is 13.4. The van der Waals surface area contributed by atoms with E-state index in [4.69, 9.17) is 11.6 Å². The van der Waals surface area contributed by atoms with E-state index in [1.165, 1.54) is 0 Å². The van der Waals surface area contributed by atoms with Crippen molar-refractivity contribution in [3.05, 3.63) is 70.9 Å². The predicted molar refractivity (Wildman–Crippen MR) is 84.8 cm³/mol. The fraction of sp³-hybridized carbons (Fsp3) is 0. The Kier molecular flexibility index (Phi) is 3.71. The molecule has 1 aromatic heterocycles. The fourth-order valence-electron chi connectivity index (χ4n) is 1.99. The maximum atomic E-state index is 12.0. The first-order valence-corrected chi connectivity index (χ1v) is 6.77. The van der Waals surface area contributed by atoms with Gasteiger partial charge in [-0.05, 0) is 29.8 Å². The Morgan fingerprint density at radius 2 is 1.95 bits per heavy atom. The van der Waals surface area contributed by atoms with Gasteiger partial charge in [-0.2, -0.15) is 5.10 Å². The lowest BCUT2D eigenvalue weighted by molar-refractivity contribution is 0.0951. The molecular weight excluding hydrogens is 286 g/mol. The van der Waals surface area contributed by atoms with Crippen LogP contribution in [-0.2, 0) is 0 Å². The van der Waals surface area contributed by atoms with E-state index in [2.05, 4.69) is 15.5 Å². The van der Waals surface area contributed by atoms with Crippen LogP contribution in [0.2, 0.25) is 5.02 Å². The molecule has 0 aliphatic heterocycles. The van der Waals surface area contributed by atoms with Crippen LogP contribution in [0.25, 0.3) is 10.9 Å². The summed E-state index contributed by atoms with van der Waals surface area (Å²) in [6.45, 7) is 0. The number of carbonyl (C=O) groups excluding carboxylic acids is 1. The summed E-state index contributed by atoms with van der Waals surface area (Å²) in [7, 11) is 0. The van der Waals surface area contributed by atoms with Crippen LogP contribution < -0.4 is 5.43 Å². The number of benzene rings is 2. The molecule has 2 N–H and O–H groups in total. The second-order valence-electron chi connectivity index (χ2n) is 4.52. The fourth-order valence-corrected chi connectivity index (χ4v) is 2.17. The van der Waals surface area contributed by atoms with Crippen molar-refractivity contribution in [2.45, 2.75) is 0 Å². The smallest absolute Gasteiger partial charge is 0.287 e. The molecule has 5 heteroatoms. The molecule has 3 rings (SSSR count). The van der Waals surface area contributed by atoms with Crippen LogP contribution in [0.5, 0.6) is 0 Å². The number of H-pyrrole nitrogens is 1. The summed E-state index contributed by atoms with van der Waals surface area (Å²) in [5.41, 5.74) is 4.71. The van der Waals surface area contributed by atoms with E-state index in [0.717, 1.165) is 16.5 Å². The van der Waals surface area contributed by atoms with Crippen LogP contribution in [0.15, 0.2) is 59.7 Å². The number of amides is 1. The number of aromatic nitrogens is 1. The van der Waals surface area contributed by atoms with Crippen LogP contribution in [0.1, 0.15) is 16.1 Å². The van der Waals surface area contributed by atoms with Gasteiger partial charge in [0.15, 0.2) is 0 Å². The van der Waals surface area contributed by atoms with Crippen LogP contribution in [0.3, 0.4) is 0 Å². The minimum atomic E-state index is -0.297. The van der Waals surface area contributed by atoms with Crippen molar-refractivity contribution in [1.82, 2.24) is 10.4 Å². The summed E-state index contributed by atoms with van der Waals surface area (Å²) in [6.07, 6.45) is 1.59. The van der Waals surface area contributed by atoms with Crippen LogP contribution >= 0.6 is 11.6 Å². The zero-order valence-corrected chi connectivity index (χ0v) is 11.8. The van der Waals surface area contributed by atoms with Crippen molar-refractivity contribution in [3.63, 3.8) is 0 Å². The first-order valence-electron chi connectivity index (χ1n) is 6.39. The lowest BCUT2D eigenvalue weighted by atomic mass is 10.2. The number of rotatable bonds is 3. The normalized spacial score (nSPS) is 11.1. The van der Waals surface area contributed by atoms with Crippen LogP contribution in [0.4, 0.5) is 0 Å². The van der Waals surface area contributed by atoms with E-state index in [9.17, 15) is 4.79 Å². The Morgan fingerprint density at radius 3 is 2.76 bits per heavy atom. The lowest BCUT2D eigenvalue weighted by Crippen LogP contribution is -2.17. The predicted octanol–water partition coefficient (Wildman–Crippen LogP) is 3.59. The number of fused-ring (bicyclic) bond motifs is 1. The Hall–Kier alpha value is -2.59. The highest BCUT2D eigenvalue weighted by Gasteiger charge is 2.08. The Morgan fingerprint density at radius 1 is 1.14 bits per heavy atom. The Balaban J connectivity index is 1.73. The molecule has 0 saturated carbocycles. The number of aromatic amines is 1. The summed E-state index contributed by atoms with van der Waals surface area (Å²) in [5, 5.41) is 5.46. The molecule has 0 saturated heterocycles. The van der Waals surface area contributed by atoms with Gasteiger partial charge < -0.3 is 4.98 Å². The molecule has 4 nitrogen and oxygen atoms in total. The van der Waals surface area contributed by atoms with E-state index in [-0.39, 0.29) is 5.91 Å². The van der Waals surface area contributed by atoms with Gasteiger partial charge >= 0.3 is 0 Å². The summed E-state index contributed by atoms with van der Waals surface area (Å²) in [6, 6.07) is 16.7. The van der Waals surface area contributed by atoms with Crippen molar-refractivity contribution in [2.24, 2.45) is 5.10 Å². The molecule has 104 valence electrons. The zero-order valence-electron chi connectivity index (χ0n) is 11.0. The standard InChI is InChI=1S/C16H12ClN3O/c17-13-6-7-14-12(8-13)9-15(19-14)16(21)20-18-10-11-4-2-1-3-5-11/h1-10,19H,(H,20,21)/b18-10+. The SMILES string of the molecule is O=C(N/N=C/c1ccccc1)c1cc2cc(Cl)ccc2[nH]1. The van der Waals surface area contributed by atoms with Crippen molar-refractivity contribution in [2.75, 3.05) is 0 Å². The van der Waals surface area contributed by atoms with E-state index < -0.39 is 0 Å². The Bertz CT molecular complexity index is 809.